The zero-order chi connectivity index (χ0) is 17.3. The standard InChI is InChI=1S/C22H30O2/c1-4-17-10-14(3)11-18(5-2)21(17)22-19(23)12-15-6-7-16(9-8-15)13-20(22)24/h10-11,15-16,23H,4-9,12-13H2,1-3H3/b22-19-/t15-,16+. The summed E-state index contributed by atoms with van der Waals surface area (Å²) in [5, 5.41) is 10.9. The lowest BCUT2D eigenvalue weighted by atomic mass is 9.79. The van der Waals surface area contributed by atoms with E-state index in [0.717, 1.165) is 44.1 Å². The monoisotopic (exact) mass is 326 g/mol. The van der Waals surface area contributed by atoms with Gasteiger partial charge in [-0.1, -0.05) is 31.5 Å². The summed E-state index contributed by atoms with van der Waals surface area (Å²) in [5.41, 5.74) is 5.32. The van der Waals surface area contributed by atoms with Crippen LogP contribution in [-0.2, 0) is 17.6 Å². The van der Waals surface area contributed by atoms with Gasteiger partial charge in [-0.15, -0.1) is 0 Å². The van der Waals surface area contributed by atoms with Gasteiger partial charge in [0.15, 0.2) is 5.78 Å². The second-order valence-electron chi connectivity index (χ2n) is 7.71. The van der Waals surface area contributed by atoms with Crippen molar-refractivity contribution in [1.82, 2.24) is 0 Å². The summed E-state index contributed by atoms with van der Waals surface area (Å²) < 4.78 is 0. The molecule has 2 nitrogen and oxygen atoms in total. The van der Waals surface area contributed by atoms with E-state index in [9.17, 15) is 9.90 Å². The zero-order valence-corrected chi connectivity index (χ0v) is 15.3. The molecule has 0 spiro atoms. The largest absolute Gasteiger partial charge is 0.512 e. The highest BCUT2D eigenvalue weighted by molar-refractivity contribution is 6.22. The Kier molecular flexibility index (Phi) is 5.12. The minimum atomic E-state index is 0.160. The van der Waals surface area contributed by atoms with Gasteiger partial charge in [-0.2, -0.15) is 0 Å². The molecule has 1 aromatic rings. The van der Waals surface area contributed by atoms with Crippen LogP contribution in [0.25, 0.3) is 5.57 Å². The number of carbonyl (C=O) groups is 1. The van der Waals surface area contributed by atoms with Crippen molar-refractivity contribution in [3.63, 3.8) is 0 Å². The number of carbonyl (C=O) groups excluding carboxylic acids is 1. The molecular weight excluding hydrogens is 296 g/mol. The van der Waals surface area contributed by atoms with E-state index in [0.29, 0.717) is 36.0 Å². The molecule has 130 valence electrons. The second kappa shape index (κ2) is 7.13. The van der Waals surface area contributed by atoms with Crippen molar-refractivity contribution < 1.29 is 9.90 Å². The van der Waals surface area contributed by atoms with E-state index in [1.165, 1.54) is 16.7 Å². The highest BCUT2D eigenvalue weighted by atomic mass is 16.3. The number of aliphatic hydroxyl groups excluding tert-OH is 1. The summed E-state index contributed by atoms with van der Waals surface area (Å²) in [4.78, 5) is 13.1. The number of allylic oxidation sites excluding steroid dienone is 2. The number of Topliss-reactive ketones (excluding diaryl/α,β-unsaturated/α-hetero) is 1. The van der Waals surface area contributed by atoms with Gasteiger partial charge in [0.1, 0.15) is 5.76 Å². The summed E-state index contributed by atoms with van der Waals surface area (Å²) in [6.45, 7) is 6.39. The number of ketones is 1. The van der Waals surface area contributed by atoms with E-state index in [2.05, 4.69) is 32.9 Å². The van der Waals surface area contributed by atoms with Crippen LogP contribution in [0.4, 0.5) is 0 Å². The number of aryl methyl sites for hydroxylation is 3. The van der Waals surface area contributed by atoms with Gasteiger partial charge in [-0.3, -0.25) is 4.79 Å². The van der Waals surface area contributed by atoms with Crippen molar-refractivity contribution in [2.24, 2.45) is 11.8 Å². The van der Waals surface area contributed by atoms with E-state index in [4.69, 9.17) is 0 Å². The van der Waals surface area contributed by atoms with Crippen LogP contribution in [0.3, 0.4) is 0 Å². The first-order valence-corrected chi connectivity index (χ1v) is 9.61. The van der Waals surface area contributed by atoms with E-state index >= 15 is 0 Å². The minimum absolute atomic E-state index is 0.160. The third kappa shape index (κ3) is 3.29. The fourth-order valence-corrected chi connectivity index (χ4v) is 4.64. The molecule has 1 saturated carbocycles. The van der Waals surface area contributed by atoms with Crippen LogP contribution in [0.15, 0.2) is 17.9 Å². The van der Waals surface area contributed by atoms with Gasteiger partial charge in [-0.25, -0.2) is 0 Å². The van der Waals surface area contributed by atoms with Crippen molar-refractivity contribution in [3.8, 4) is 0 Å². The van der Waals surface area contributed by atoms with Crippen LogP contribution < -0.4 is 0 Å². The molecule has 0 atom stereocenters. The predicted molar refractivity (Wildman–Crippen MR) is 99.2 cm³/mol. The van der Waals surface area contributed by atoms with Crippen LogP contribution in [0.2, 0.25) is 0 Å². The van der Waals surface area contributed by atoms with Gasteiger partial charge in [0.05, 0.1) is 5.57 Å². The van der Waals surface area contributed by atoms with Crippen molar-refractivity contribution in [1.29, 1.82) is 0 Å². The molecule has 3 aliphatic rings. The van der Waals surface area contributed by atoms with E-state index in [1.54, 1.807) is 0 Å². The molecule has 4 rings (SSSR count). The Morgan fingerprint density at radius 3 is 1.96 bits per heavy atom. The van der Waals surface area contributed by atoms with Gasteiger partial charge in [0.2, 0.25) is 0 Å². The first kappa shape index (κ1) is 17.3. The van der Waals surface area contributed by atoms with Gasteiger partial charge in [-0.05, 0) is 74.0 Å². The highest BCUT2D eigenvalue weighted by Crippen LogP contribution is 2.40. The molecule has 0 radical (unpaired) electrons. The van der Waals surface area contributed by atoms with Crippen LogP contribution in [-0.4, -0.2) is 10.9 Å². The fourth-order valence-electron chi connectivity index (χ4n) is 4.64. The first-order valence-electron chi connectivity index (χ1n) is 9.61. The summed E-state index contributed by atoms with van der Waals surface area (Å²) in [6, 6.07) is 4.37. The lowest BCUT2D eigenvalue weighted by Gasteiger charge is -2.26. The SMILES string of the molecule is CCc1cc(C)cc(CC)c1/C1=C(\O)C[C@H]2CC[C@H](CC2)CC1=O. The molecule has 0 saturated heterocycles. The maximum Gasteiger partial charge on any atom is 0.167 e. The molecule has 2 bridgehead atoms. The summed E-state index contributed by atoms with van der Waals surface area (Å²) in [7, 11) is 0. The topological polar surface area (TPSA) is 37.3 Å². The Labute approximate surface area is 146 Å². The Bertz CT molecular complexity index is 636. The van der Waals surface area contributed by atoms with Crippen LogP contribution in [0, 0.1) is 18.8 Å². The van der Waals surface area contributed by atoms with Crippen molar-refractivity contribution in [3.05, 3.63) is 40.1 Å². The normalized spacial score (nSPS) is 27.7. The average molecular weight is 326 g/mol. The first-order chi connectivity index (χ1) is 11.5. The molecule has 24 heavy (non-hydrogen) atoms. The van der Waals surface area contributed by atoms with Gasteiger partial charge in [0, 0.05) is 12.8 Å². The Morgan fingerprint density at radius 2 is 1.46 bits per heavy atom. The lowest BCUT2D eigenvalue weighted by Crippen LogP contribution is -2.16. The Hall–Kier alpha value is -1.57. The van der Waals surface area contributed by atoms with Crippen molar-refractivity contribution in [2.75, 3.05) is 0 Å². The number of fused-ring (bicyclic) bond motifs is 5. The molecule has 0 heterocycles. The summed E-state index contributed by atoms with van der Waals surface area (Å²) in [6.07, 6.45) is 7.66. The Balaban J connectivity index is 2.16. The number of hydrogen-bond donors (Lipinski definition) is 1. The number of benzene rings is 1. The van der Waals surface area contributed by atoms with Crippen LogP contribution in [0.1, 0.15) is 74.6 Å². The maximum atomic E-state index is 13.1. The molecule has 0 aliphatic heterocycles. The lowest BCUT2D eigenvalue weighted by molar-refractivity contribution is -0.114. The third-order valence-electron chi connectivity index (χ3n) is 5.95. The third-order valence-corrected chi connectivity index (χ3v) is 5.95. The fraction of sp³-hybridized carbons (Fsp3) is 0.591. The number of aliphatic hydroxyl groups is 1. The van der Waals surface area contributed by atoms with Gasteiger partial charge < -0.3 is 5.11 Å². The number of rotatable bonds is 3. The second-order valence-corrected chi connectivity index (χ2v) is 7.71. The smallest absolute Gasteiger partial charge is 0.167 e. The van der Waals surface area contributed by atoms with Gasteiger partial charge >= 0.3 is 0 Å². The zero-order valence-electron chi connectivity index (χ0n) is 15.3. The minimum Gasteiger partial charge on any atom is -0.512 e. The quantitative estimate of drug-likeness (QED) is 0.789. The van der Waals surface area contributed by atoms with E-state index in [-0.39, 0.29) is 5.78 Å². The summed E-state index contributed by atoms with van der Waals surface area (Å²) >= 11 is 0. The highest BCUT2D eigenvalue weighted by Gasteiger charge is 2.31. The molecule has 2 heteroatoms. The van der Waals surface area contributed by atoms with Crippen molar-refractivity contribution >= 4 is 11.4 Å². The molecular formula is C22H30O2. The van der Waals surface area contributed by atoms with Gasteiger partial charge in [0.25, 0.3) is 0 Å². The van der Waals surface area contributed by atoms with E-state index < -0.39 is 0 Å². The molecule has 1 N–H and O–H groups in total. The van der Waals surface area contributed by atoms with Crippen LogP contribution >= 0.6 is 0 Å². The van der Waals surface area contributed by atoms with E-state index in [1.807, 2.05) is 0 Å². The molecule has 1 aromatic carbocycles. The summed E-state index contributed by atoms with van der Waals surface area (Å²) in [5.74, 6) is 1.56. The Morgan fingerprint density at radius 1 is 0.958 bits per heavy atom. The van der Waals surface area contributed by atoms with Crippen molar-refractivity contribution in [2.45, 2.75) is 72.1 Å². The van der Waals surface area contributed by atoms with Crippen LogP contribution in [0.5, 0.6) is 0 Å². The molecule has 3 aliphatic carbocycles. The predicted octanol–water partition coefficient (Wildman–Crippen LogP) is 5.56. The maximum absolute atomic E-state index is 13.1. The number of hydrogen-bond acceptors (Lipinski definition) is 2. The molecule has 0 aromatic heterocycles. The average Bonchev–Trinajstić information content (AvgIpc) is 2.65. The molecule has 0 amide bonds. The molecule has 0 unspecified atom stereocenters. The molecule has 1 fully saturated rings.